The van der Waals surface area contributed by atoms with Gasteiger partial charge in [-0.2, -0.15) is 13.2 Å². The lowest BCUT2D eigenvalue weighted by molar-refractivity contribution is -0.137. The maximum atomic E-state index is 12.6. The van der Waals surface area contributed by atoms with Crippen LogP contribution in [0.15, 0.2) is 18.2 Å². The quantitative estimate of drug-likeness (QED) is 0.643. The van der Waals surface area contributed by atoms with Crippen molar-refractivity contribution in [1.82, 2.24) is 0 Å². The summed E-state index contributed by atoms with van der Waals surface area (Å²) in [6, 6.07) is 3.83. The SMILES string of the molecule is CCCOC=O.NC1CC(C2CC2)Nc2ccc(C(F)(F)F)cc21. The highest BCUT2D eigenvalue weighted by atomic mass is 19.4. The summed E-state index contributed by atoms with van der Waals surface area (Å²) < 4.78 is 42.2. The predicted molar refractivity (Wildman–Crippen MR) is 85.4 cm³/mol. The van der Waals surface area contributed by atoms with Crippen molar-refractivity contribution < 1.29 is 22.7 Å². The molecule has 2 aliphatic rings. The zero-order valence-electron chi connectivity index (χ0n) is 13.6. The Morgan fingerprint density at radius 2 is 2.08 bits per heavy atom. The van der Waals surface area contributed by atoms with Crippen LogP contribution < -0.4 is 11.1 Å². The summed E-state index contributed by atoms with van der Waals surface area (Å²) in [5.41, 5.74) is 6.73. The lowest BCUT2D eigenvalue weighted by Gasteiger charge is -2.32. The van der Waals surface area contributed by atoms with E-state index in [2.05, 4.69) is 10.1 Å². The van der Waals surface area contributed by atoms with Gasteiger partial charge in [-0.1, -0.05) is 6.92 Å². The first kappa shape index (κ1) is 18.6. The van der Waals surface area contributed by atoms with Crippen LogP contribution in [0.4, 0.5) is 18.9 Å². The molecule has 3 rings (SSSR count). The number of hydrogen-bond acceptors (Lipinski definition) is 4. The highest BCUT2D eigenvalue weighted by Crippen LogP contribution is 2.43. The molecule has 1 aliphatic heterocycles. The lowest BCUT2D eigenvalue weighted by Crippen LogP contribution is -2.33. The Kier molecular flexibility index (Phi) is 6.10. The molecule has 0 aromatic heterocycles. The number of rotatable bonds is 4. The molecule has 1 saturated carbocycles. The van der Waals surface area contributed by atoms with Gasteiger partial charge >= 0.3 is 6.18 Å². The molecule has 0 saturated heterocycles. The Morgan fingerprint density at radius 1 is 1.38 bits per heavy atom. The van der Waals surface area contributed by atoms with Gasteiger partial charge in [0.25, 0.3) is 6.47 Å². The number of halogens is 3. The van der Waals surface area contributed by atoms with E-state index in [4.69, 9.17) is 5.73 Å². The van der Waals surface area contributed by atoms with Crippen molar-refractivity contribution in [1.29, 1.82) is 0 Å². The number of fused-ring (bicyclic) bond motifs is 1. The third-order valence-corrected chi connectivity index (χ3v) is 4.21. The molecule has 24 heavy (non-hydrogen) atoms. The summed E-state index contributed by atoms with van der Waals surface area (Å²) >= 11 is 0. The average Bonchev–Trinajstić information content (AvgIpc) is 3.37. The number of nitrogens with one attached hydrogen (secondary N) is 1. The van der Waals surface area contributed by atoms with Gasteiger partial charge in [0.15, 0.2) is 0 Å². The van der Waals surface area contributed by atoms with E-state index in [0.29, 0.717) is 30.6 Å². The molecule has 7 heteroatoms. The average molecular weight is 344 g/mol. The monoisotopic (exact) mass is 344 g/mol. The zero-order chi connectivity index (χ0) is 17.7. The van der Waals surface area contributed by atoms with Crippen LogP contribution in [0.5, 0.6) is 0 Å². The fourth-order valence-electron chi connectivity index (χ4n) is 2.81. The first-order chi connectivity index (χ1) is 11.4. The summed E-state index contributed by atoms with van der Waals surface area (Å²) in [4.78, 5) is 9.34. The third kappa shape index (κ3) is 4.87. The number of carbonyl (C=O) groups excluding carboxylic acids is 1. The number of benzene rings is 1. The molecule has 2 unspecified atom stereocenters. The molecule has 3 N–H and O–H groups in total. The summed E-state index contributed by atoms with van der Waals surface area (Å²) in [7, 11) is 0. The molecular weight excluding hydrogens is 321 g/mol. The van der Waals surface area contributed by atoms with Crippen LogP contribution in [0, 0.1) is 5.92 Å². The summed E-state index contributed by atoms with van der Waals surface area (Å²) in [5, 5.41) is 3.32. The van der Waals surface area contributed by atoms with Gasteiger partial charge in [-0.25, -0.2) is 0 Å². The number of alkyl halides is 3. The molecule has 1 fully saturated rings. The molecule has 0 spiro atoms. The molecule has 2 atom stereocenters. The van der Waals surface area contributed by atoms with Crippen LogP contribution in [-0.4, -0.2) is 19.1 Å². The van der Waals surface area contributed by atoms with Gasteiger partial charge in [-0.3, -0.25) is 4.79 Å². The fourth-order valence-corrected chi connectivity index (χ4v) is 2.81. The normalized spacial score (nSPS) is 22.5. The second-order valence-corrected chi connectivity index (χ2v) is 6.20. The van der Waals surface area contributed by atoms with Crippen molar-refractivity contribution in [2.75, 3.05) is 11.9 Å². The molecule has 1 heterocycles. The van der Waals surface area contributed by atoms with E-state index in [0.717, 1.165) is 24.6 Å². The van der Waals surface area contributed by atoms with Gasteiger partial charge in [-0.05, 0) is 55.4 Å². The first-order valence-electron chi connectivity index (χ1n) is 8.15. The van der Waals surface area contributed by atoms with Crippen LogP contribution in [0.1, 0.15) is 49.8 Å². The van der Waals surface area contributed by atoms with Gasteiger partial charge in [0.2, 0.25) is 0 Å². The van der Waals surface area contributed by atoms with Crippen molar-refractivity contribution in [3.05, 3.63) is 29.3 Å². The first-order valence-corrected chi connectivity index (χ1v) is 8.15. The molecule has 0 radical (unpaired) electrons. The minimum Gasteiger partial charge on any atom is -0.468 e. The number of nitrogens with two attached hydrogens (primary N) is 1. The minimum absolute atomic E-state index is 0.297. The zero-order valence-corrected chi connectivity index (χ0v) is 13.6. The van der Waals surface area contributed by atoms with Crippen LogP contribution >= 0.6 is 0 Å². The Balaban J connectivity index is 0.000000301. The van der Waals surface area contributed by atoms with E-state index in [-0.39, 0.29) is 6.04 Å². The van der Waals surface area contributed by atoms with E-state index in [1.54, 1.807) is 0 Å². The van der Waals surface area contributed by atoms with Crippen LogP contribution in [0.3, 0.4) is 0 Å². The number of carbonyl (C=O) groups is 1. The molecule has 0 bridgehead atoms. The van der Waals surface area contributed by atoms with Crippen LogP contribution in [0.25, 0.3) is 0 Å². The molecule has 134 valence electrons. The van der Waals surface area contributed by atoms with Crippen LogP contribution in [-0.2, 0) is 15.7 Å². The van der Waals surface area contributed by atoms with Gasteiger partial charge in [0.05, 0.1) is 12.2 Å². The second-order valence-electron chi connectivity index (χ2n) is 6.20. The number of ether oxygens (including phenoxy) is 1. The van der Waals surface area contributed by atoms with Gasteiger partial charge in [-0.15, -0.1) is 0 Å². The minimum atomic E-state index is -4.30. The van der Waals surface area contributed by atoms with Gasteiger partial charge < -0.3 is 15.8 Å². The van der Waals surface area contributed by atoms with E-state index in [9.17, 15) is 18.0 Å². The van der Waals surface area contributed by atoms with Crippen molar-refractivity contribution in [2.45, 2.75) is 50.9 Å². The molecule has 4 nitrogen and oxygen atoms in total. The summed E-state index contributed by atoms with van der Waals surface area (Å²) in [6.45, 7) is 2.95. The molecule has 1 aromatic rings. The predicted octanol–water partition coefficient (Wildman–Crippen LogP) is 3.87. The molecule has 1 aromatic carbocycles. The topological polar surface area (TPSA) is 64.3 Å². The van der Waals surface area contributed by atoms with Crippen molar-refractivity contribution in [3.63, 3.8) is 0 Å². The number of anilines is 1. The Hall–Kier alpha value is -1.76. The van der Waals surface area contributed by atoms with Gasteiger partial charge in [0.1, 0.15) is 0 Å². The van der Waals surface area contributed by atoms with Gasteiger partial charge in [0, 0.05) is 17.8 Å². The van der Waals surface area contributed by atoms with E-state index in [1.807, 2.05) is 6.92 Å². The lowest BCUT2D eigenvalue weighted by atomic mass is 9.90. The summed E-state index contributed by atoms with van der Waals surface area (Å²) in [5.74, 6) is 0.645. The highest BCUT2D eigenvalue weighted by Gasteiger charge is 2.37. The smallest absolute Gasteiger partial charge is 0.416 e. The molecule has 0 amide bonds. The van der Waals surface area contributed by atoms with E-state index < -0.39 is 11.7 Å². The van der Waals surface area contributed by atoms with Crippen LogP contribution in [0.2, 0.25) is 0 Å². The second kappa shape index (κ2) is 7.88. The largest absolute Gasteiger partial charge is 0.468 e. The summed E-state index contributed by atoms with van der Waals surface area (Å²) in [6.07, 6.45) is -0.291. The maximum Gasteiger partial charge on any atom is 0.416 e. The maximum absolute atomic E-state index is 12.6. The molecular formula is C17H23F3N2O2. The Bertz CT molecular complexity index is 559. The standard InChI is InChI=1S/C13H15F3N2.C4H8O2/c14-13(15,16)8-3-4-11-9(5-8)10(17)6-12(18-11)7-1-2-7;1-2-3-6-4-5/h3-5,7,10,12,18H,1-2,6,17H2;4H,2-3H2,1H3. The van der Waals surface area contributed by atoms with E-state index in [1.165, 1.54) is 25.0 Å². The fraction of sp³-hybridized carbons (Fsp3) is 0.588. The third-order valence-electron chi connectivity index (χ3n) is 4.21. The number of hydrogen-bond donors (Lipinski definition) is 2. The Labute approximate surface area is 139 Å². The van der Waals surface area contributed by atoms with Crippen molar-refractivity contribution >= 4 is 12.2 Å². The van der Waals surface area contributed by atoms with Crippen molar-refractivity contribution in [2.24, 2.45) is 11.7 Å². The Morgan fingerprint density at radius 3 is 2.58 bits per heavy atom. The van der Waals surface area contributed by atoms with E-state index >= 15 is 0 Å². The highest BCUT2D eigenvalue weighted by molar-refractivity contribution is 5.57. The molecule has 1 aliphatic carbocycles. The van der Waals surface area contributed by atoms with Crippen molar-refractivity contribution in [3.8, 4) is 0 Å².